The Morgan fingerprint density at radius 3 is 2.15 bits per heavy atom. The second-order valence-electron chi connectivity index (χ2n) is 8.44. The predicted molar refractivity (Wildman–Crippen MR) is 129 cm³/mol. The summed E-state index contributed by atoms with van der Waals surface area (Å²) in [7, 11) is 4.63. The van der Waals surface area contributed by atoms with Gasteiger partial charge in [0.15, 0.2) is 17.3 Å². The molecule has 0 saturated carbocycles. The van der Waals surface area contributed by atoms with E-state index in [9.17, 15) is 9.90 Å². The van der Waals surface area contributed by atoms with Crippen LogP contribution in [0.2, 0.25) is 0 Å². The van der Waals surface area contributed by atoms with E-state index >= 15 is 0 Å². The number of Topliss-reactive ketones (excluding diaryl/α,β-unsaturated/α-hetero) is 1. The summed E-state index contributed by atoms with van der Waals surface area (Å²) < 4.78 is 22.3. The first-order valence-corrected chi connectivity index (χ1v) is 11.9. The first-order chi connectivity index (χ1) is 16.5. The number of hydrogen-bond acceptors (Lipinski definition) is 6. The van der Waals surface area contributed by atoms with Crippen molar-refractivity contribution in [1.82, 2.24) is 0 Å². The van der Waals surface area contributed by atoms with E-state index in [0.29, 0.717) is 46.2 Å². The summed E-state index contributed by atoms with van der Waals surface area (Å²) in [4.78, 5) is 14.5. The van der Waals surface area contributed by atoms with Gasteiger partial charge in [-0.3, -0.25) is 4.79 Å². The first-order valence-electron chi connectivity index (χ1n) is 11.9. The minimum Gasteiger partial charge on any atom is -0.872 e. The highest BCUT2D eigenvalue weighted by molar-refractivity contribution is 6.15. The molecule has 0 bridgehead atoms. The lowest BCUT2D eigenvalue weighted by Gasteiger charge is -2.23. The van der Waals surface area contributed by atoms with E-state index in [1.165, 1.54) is 11.0 Å². The fourth-order valence-corrected chi connectivity index (χ4v) is 4.17. The molecular weight excluding hydrogens is 434 g/mol. The second-order valence-corrected chi connectivity index (χ2v) is 8.44. The number of ketones is 1. The summed E-state index contributed by atoms with van der Waals surface area (Å²) in [6.07, 6.45) is 6.00. The maximum atomic E-state index is 13.2. The van der Waals surface area contributed by atoms with Crippen LogP contribution >= 0.6 is 0 Å². The minimum atomic E-state index is -0.253. The predicted octanol–water partition coefficient (Wildman–Crippen LogP) is 3.39. The highest BCUT2D eigenvalue weighted by Gasteiger charge is 2.31. The Bertz CT molecular complexity index is 1040. The van der Waals surface area contributed by atoms with Crippen molar-refractivity contribution in [2.75, 3.05) is 34.4 Å². The first kappa shape index (κ1) is 25.4. The molecule has 0 radical (unpaired) electrons. The number of quaternary nitrogens is 1. The van der Waals surface area contributed by atoms with E-state index in [2.05, 4.69) is 13.8 Å². The number of allylic oxidation sites excluding steroid dienone is 1. The molecule has 2 aromatic rings. The average Bonchev–Trinajstić information content (AvgIpc) is 3.16. The molecule has 7 heteroatoms. The molecule has 0 saturated heterocycles. The molecule has 0 fully saturated rings. The number of benzene rings is 2. The lowest BCUT2D eigenvalue weighted by Crippen LogP contribution is -3.10. The van der Waals surface area contributed by atoms with Gasteiger partial charge >= 0.3 is 0 Å². The van der Waals surface area contributed by atoms with Crippen LogP contribution in [0, 0.1) is 0 Å². The van der Waals surface area contributed by atoms with Crippen LogP contribution in [0.15, 0.2) is 30.0 Å². The topological polar surface area (TPSA) is 81.5 Å². The minimum absolute atomic E-state index is 0.0954. The molecule has 34 heavy (non-hydrogen) atoms. The molecule has 2 aromatic carbocycles. The van der Waals surface area contributed by atoms with Gasteiger partial charge in [0.05, 0.1) is 40.0 Å². The third-order valence-electron chi connectivity index (χ3n) is 6.11. The Kier molecular flexibility index (Phi) is 8.82. The maximum Gasteiger partial charge on any atom is 0.231 e. The molecule has 0 aromatic heterocycles. The molecule has 0 aliphatic carbocycles. The van der Waals surface area contributed by atoms with Crippen molar-refractivity contribution >= 4 is 11.9 Å². The summed E-state index contributed by atoms with van der Waals surface area (Å²) in [6, 6.07) is 6.47. The number of rotatable bonds is 12. The molecule has 1 N–H and O–H groups in total. The smallest absolute Gasteiger partial charge is 0.231 e. The van der Waals surface area contributed by atoms with Crippen molar-refractivity contribution in [3.63, 3.8) is 0 Å². The molecule has 1 heterocycles. The Balaban J connectivity index is 1.96. The molecule has 0 spiro atoms. The molecule has 0 amide bonds. The van der Waals surface area contributed by atoms with Crippen LogP contribution in [0.4, 0.5) is 0 Å². The molecule has 184 valence electrons. The molecular formula is C27H35NO6. The van der Waals surface area contributed by atoms with E-state index < -0.39 is 0 Å². The fraction of sp³-hybridized carbons (Fsp3) is 0.444. The van der Waals surface area contributed by atoms with E-state index in [1.807, 2.05) is 0 Å². The molecule has 1 aliphatic rings. The Hall–Kier alpha value is -3.19. The number of carbonyl (C=O) groups is 1. The summed E-state index contributed by atoms with van der Waals surface area (Å²) in [5, 5.41) is 12.8. The van der Waals surface area contributed by atoms with E-state index in [4.69, 9.17) is 18.9 Å². The number of carbonyl (C=O) groups excluding carboxylic acids is 1. The summed E-state index contributed by atoms with van der Waals surface area (Å²) in [6.45, 7) is 6.84. The van der Waals surface area contributed by atoms with Crippen molar-refractivity contribution < 1.29 is 33.7 Å². The van der Waals surface area contributed by atoms with Crippen LogP contribution in [-0.2, 0) is 6.54 Å². The number of nitrogens with one attached hydrogen (secondary N) is 1. The van der Waals surface area contributed by atoms with Gasteiger partial charge in [-0.1, -0.05) is 38.5 Å². The molecule has 7 nitrogen and oxygen atoms in total. The van der Waals surface area contributed by atoms with E-state index in [-0.39, 0.29) is 17.3 Å². The van der Waals surface area contributed by atoms with E-state index in [1.54, 1.807) is 45.6 Å². The quantitative estimate of drug-likeness (QED) is 0.480. The van der Waals surface area contributed by atoms with Crippen molar-refractivity contribution in [1.29, 1.82) is 0 Å². The normalized spacial score (nSPS) is 13.8. The fourth-order valence-electron chi connectivity index (χ4n) is 4.17. The average molecular weight is 470 g/mol. The monoisotopic (exact) mass is 469 g/mol. The van der Waals surface area contributed by atoms with Gasteiger partial charge in [-0.25, -0.2) is 0 Å². The van der Waals surface area contributed by atoms with Crippen LogP contribution in [-0.4, -0.2) is 40.2 Å². The van der Waals surface area contributed by atoms with Crippen molar-refractivity contribution in [3.05, 3.63) is 46.7 Å². The zero-order valence-corrected chi connectivity index (χ0v) is 20.8. The third kappa shape index (κ3) is 5.47. The van der Waals surface area contributed by atoms with Crippen molar-refractivity contribution in [3.8, 4) is 28.7 Å². The molecule has 0 unspecified atom stereocenters. The summed E-state index contributed by atoms with van der Waals surface area (Å²) in [5.74, 6) is 1.72. The Morgan fingerprint density at radius 1 is 0.941 bits per heavy atom. The van der Waals surface area contributed by atoms with Crippen LogP contribution in [0.25, 0.3) is 6.08 Å². The highest BCUT2D eigenvalue weighted by atomic mass is 16.5. The number of methoxy groups -OCH3 is 3. The number of unbranched alkanes of at least 4 members (excludes halogenated alkanes) is 2. The Morgan fingerprint density at radius 2 is 1.56 bits per heavy atom. The van der Waals surface area contributed by atoms with Gasteiger partial charge < -0.3 is 29.0 Å². The van der Waals surface area contributed by atoms with Gasteiger partial charge in [0.2, 0.25) is 5.78 Å². The maximum absolute atomic E-state index is 13.2. The van der Waals surface area contributed by atoms with Crippen molar-refractivity contribution in [2.45, 2.75) is 46.1 Å². The largest absolute Gasteiger partial charge is 0.872 e. The second kappa shape index (κ2) is 11.8. The zero-order chi connectivity index (χ0) is 24.7. The van der Waals surface area contributed by atoms with Crippen LogP contribution in [0.5, 0.6) is 28.7 Å². The molecule has 0 atom stereocenters. The van der Waals surface area contributed by atoms with Gasteiger partial charge in [0.1, 0.15) is 18.0 Å². The van der Waals surface area contributed by atoms with Gasteiger partial charge in [-0.15, -0.1) is 0 Å². The highest BCUT2D eigenvalue weighted by Crippen LogP contribution is 2.40. The van der Waals surface area contributed by atoms with Gasteiger partial charge in [-0.2, -0.15) is 0 Å². The lowest BCUT2D eigenvalue weighted by atomic mass is 10.0. The number of fused-ring (bicyclic) bond motifs is 1. The Labute approximate surface area is 201 Å². The standard InChI is InChI=1S/C27H35NO6/c1-6-8-12-28(13-9-7-2)17-20-21(29)11-10-19-26(30)25(34-27(19)20)15-18-14-23(32-4)24(33-5)16-22(18)31-3/h10-11,14-16,29H,6-9,12-13,17H2,1-5H3/b25-15-. The van der Waals surface area contributed by atoms with Crippen LogP contribution in [0.1, 0.15) is 61.0 Å². The summed E-state index contributed by atoms with van der Waals surface area (Å²) >= 11 is 0. The summed E-state index contributed by atoms with van der Waals surface area (Å²) in [5.41, 5.74) is 1.60. The zero-order valence-electron chi connectivity index (χ0n) is 20.8. The molecule has 1 aliphatic heterocycles. The number of hydrogen-bond donors (Lipinski definition) is 1. The van der Waals surface area contributed by atoms with E-state index in [0.717, 1.165) is 38.8 Å². The van der Waals surface area contributed by atoms with Crippen LogP contribution in [0.3, 0.4) is 0 Å². The van der Waals surface area contributed by atoms with Crippen molar-refractivity contribution in [2.24, 2.45) is 0 Å². The third-order valence-corrected chi connectivity index (χ3v) is 6.11. The SMILES string of the molecule is CCCC[NH+](CCCC)Cc1c([O-])ccc2c1O/C(=C\c1cc(OC)c(OC)cc1OC)C2=O. The van der Waals surface area contributed by atoms with Crippen LogP contribution < -0.4 is 29.0 Å². The van der Waals surface area contributed by atoms with Gasteiger partial charge in [-0.05, 0) is 31.1 Å². The molecule has 3 rings (SSSR count). The van der Waals surface area contributed by atoms with Gasteiger partial charge in [0.25, 0.3) is 0 Å². The lowest BCUT2D eigenvalue weighted by molar-refractivity contribution is -0.914. The van der Waals surface area contributed by atoms with Gasteiger partial charge in [0, 0.05) is 17.2 Å². The number of ether oxygens (including phenoxy) is 4.